The third kappa shape index (κ3) is 3.17. The van der Waals surface area contributed by atoms with Crippen LogP contribution < -0.4 is 4.90 Å². The molecule has 0 aliphatic carbocycles. The van der Waals surface area contributed by atoms with Crippen LogP contribution in [0, 0.1) is 17.0 Å². The molecule has 114 valence electrons. The lowest BCUT2D eigenvalue weighted by molar-refractivity contribution is -0.388. The minimum atomic E-state index is -0.807. The molecule has 1 aliphatic rings. The molecule has 0 saturated heterocycles. The maximum Gasteiger partial charge on any atom is 0.407 e. The van der Waals surface area contributed by atoms with Gasteiger partial charge in [0.1, 0.15) is 0 Å². The van der Waals surface area contributed by atoms with Crippen LogP contribution in [0.4, 0.5) is 11.6 Å². The Morgan fingerprint density at radius 2 is 2.05 bits per heavy atom. The van der Waals surface area contributed by atoms with Crippen LogP contribution in [0.5, 0.6) is 0 Å². The zero-order valence-electron chi connectivity index (χ0n) is 11.7. The van der Waals surface area contributed by atoms with Crippen molar-refractivity contribution in [2.24, 2.45) is 0 Å². The number of nitrogens with zero attached hydrogens (tertiary/aromatic N) is 5. The number of imidazole rings is 1. The topological polar surface area (TPSA) is 87.7 Å². The Balaban J connectivity index is 2.47. The van der Waals surface area contributed by atoms with Gasteiger partial charge in [0.25, 0.3) is 0 Å². The van der Waals surface area contributed by atoms with E-state index in [2.05, 4.69) is 4.98 Å². The van der Waals surface area contributed by atoms with E-state index in [0.717, 1.165) is 0 Å². The molecule has 0 radical (unpaired) electrons. The lowest BCUT2D eigenvalue weighted by Crippen LogP contribution is -2.24. The quantitative estimate of drug-likeness (QED) is 0.502. The summed E-state index contributed by atoms with van der Waals surface area (Å²) < 4.78 is 1.59. The van der Waals surface area contributed by atoms with E-state index in [1.54, 1.807) is 41.2 Å². The maximum absolute atomic E-state index is 11.2. The fraction of sp³-hybridized carbons (Fsp3) is 0.417. The number of rotatable bonds is 5. The summed E-state index contributed by atoms with van der Waals surface area (Å²) in [5, 5.41) is 20.9. The summed E-state index contributed by atoms with van der Waals surface area (Å²) in [4.78, 5) is 18.1. The Labute approximate surface area is 126 Å². The van der Waals surface area contributed by atoms with Crippen molar-refractivity contribution in [3.05, 3.63) is 40.7 Å². The Hall–Kier alpha value is -2.06. The summed E-state index contributed by atoms with van der Waals surface area (Å²) in [6, 6.07) is 0. The number of aliphatic hydroxyl groups is 1. The molecule has 1 N–H and O–H groups in total. The second-order valence-electron chi connectivity index (χ2n) is 4.65. The van der Waals surface area contributed by atoms with Gasteiger partial charge >= 0.3 is 5.82 Å². The van der Waals surface area contributed by atoms with E-state index in [9.17, 15) is 15.2 Å². The number of aromatic nitrogens is 2. The zero-order valence-corrected chi connectivity index (χ0v) is 12.4. The first kappa shape index (κ1) is 15.3. The van der Waals surface area contributed by atoms with Gasteiger partial charge in [0.2, 0.25) is 11.6 Å². The number of halogens is 1. The smallest absolute Gasteiger partial charge is 0.390 e. The standard InChI is InChI=1S/C12H16ClN5O3/c1-9-14-11(18(20)21)12(17(9)8-10(19)7-13)16-5-3-15(2)4-6-16/h3-6,10,19H,7-8H2,1-2H3. The molecule has 8 nitrogen and oxygen atoms in total. The Bertz CT molecular complexity index is 584. The van der Waals surface area contributed by atoms with Crippen molar-refractivity contribution in [3.63, 3.8) is 0 Å². The Kier molecular flexibility index (Phi) is 4.49. The number of alkyl halides is 1. The molecule has 0 fully saturated rings. The summed E-state index contributed by atoms with van der Waals surface area (Å²) in [6.07, 6.45) is 6.08. The number of hydrogen-bond acceptors (Lipinski definition) is 6. The monoisotopic (exact) mass is 313 g/mol. The number of anilines is 1. The number of hydrogen-bond donors (Lipinski definition) is 1. The average Bonchev–Trinajstić information content (AvgIpc) is 2.77. The van der Waals surface area contributed by atoms with Crippen LogP contribution in [0.2, 0.25) is 0 Å². The summed E-state index contributed by atoms with van der Waals surface area (Å²) in [7, 11) is 1.85. The molecule has 0 spiro atoms. The van der Waals surface area contributed by atoms with E-state index >= 15 is 0 Å². The minimum Gasteiger partial charge on any atom is -0.390 e. The zero-order chi connectivity index (χ0) is 15.6. The van der Waals surface area contributed by atoms with Gasteiger partial charge in [-0.1, -0.05) is 0 Å². The molecule has 9 heteroatoms. The predicted octanol–water partition coefficient (Wildman–Crippen LogP) is 1.39. The summed E-state index contributed by atoms with van der Waals surface area (Å²) in [5.41, 5.74) is 0. The third-order valence-electron chi connectivity index (χ3n) is 3.03. The lowest BCUT2D eigenvalue weighted by atomic mass is 10.4. The molecule has 2 rings (SSSR count). The molecular formula is C12H16ClN5O3. The van der Waals surface area contributed by atoms with Gasteiger partial charge in [0.05, 0.1) is 18.5 Å². The van der Waals surface area contributed by atoms with Gasteiger partial charge in [-0.05, 0) is 9.91 Å². The number of aliphatic hydroxyl groups excluding tert-OH is 1. The average molecular weight is 314 g/mol. The first-order valence-corrected chi connectivity index (χ1v) is 6.80. The van der Waals surface area contributed by atoms with Crippen molar-refractivity contribution in [2.75, 3.05) is 17.8 Å². The van der Waals surface area contributed by atoms with Crippen molar-refractivity contribution in [2.45, 2.75) is 19.6 Å². The predicted molar refractivity (Wildman–Crippen MR) is 78.9 cm³/mol. The first-order chi connectivity index (χ1) is 9.93. The summed E-state index contributed by atoms with van der Waals surface area (Å²) in [6.45, 7) is 1.79. The highest BCUT2D eigenvalue weighted by molar-refractivity contribution is 6.18. The molecule has 21 heavy (non-hydrogen) atoms. The van der Waals surface area contributed by atoms with Gasteiger partial charge in [-0.3, -0.25) is 9.47 Å². The molecule has 1 atom stereocenters. The first-order valence-electron chi connectivity index (χ1n) is 6.26. The number of aryl methyl sites for hydroxylation is 1. The van der Waals surface area contributed by atoms with Gasteiger partial charge in [-0.15, -0.1) is 11.6 Å². The Morgan fingerprint density at radius 3 is 2.57 bits per heavy atom. The molecule has 1 aliphatic heterocycles. The SMILES string of the molecule is Cc1nc([N+](=O)[O-])c(N2C=CN(C)C=C2)n1CC(O)CCl. The molecule has 0 amide bonds. The summed E-state index contributed by atoms with van der Waals surface area (Å²) in [5.74, 6) is 0.524. The van der Waals surface area contributed by atoms with Crippen molar-refractivity contribution < 1.29 is 10.0 Å². The van der Waals surface area contributed by atoms with Gasteiger partial charge in [-0.25, -0.2) is 0 Å². The van der Waals surface area contributed by atoms with Gasteiger partial charge in [0, 0.05) is 38.8 Å². The summed E-state index contributed by atoms with van der Waals surface area (Å²) >= 11 is 5.61. The number of nitro groups is 1. The van der Waals surface area contributed by atoms with Crippen LogP contribution in [0.3, 0.4) is 0 Å². The lowest BCUT2D eigenvalue weighted by Gasteiger charge is -2.23. The Morgan fingerprint density at radius 1 is 1.43 bits per heavy atom. The molecule has 1 unspecified atom stereocenters. The van der Waals surface area contributed by atoms with Crippen LogP contribution in [0.1, 0.15) is 5.82 Å². The fourth-order valence-corrected chi connectivity index (χ4v) is 2.09. The maximum atomic E-state index is 11.2. The van der Waals surface area contributed by atoms with Gasteiger partial charge in [-0.2, -0.15) is 0 Å². The van der Waals surface area contributed by atoms with Crippen LogP contribution in [-0.4, -0.2) is 43.5 Å². The van der Waals surface area contributed by atoms with Gasteiger partial charge < -0.3 is 20.1 Å². The van der Waals surface area contributed by atoms with Crippen LogP contribution in [0.25, 0.3) is 0 Å². The van der Waals surface area contributed by atoms with Crippen LogP contribution >= 0.6 is 11.6 Å². The van der Waals surface area contributed by atoms with E-state index in [0.29, 0.717) is 11.6 Å². The largest absolute Gasteiger partial charge is 0.407 e. The normalized spacial score (nSPS) is 15.6. The molecule has 2 heterocycles. The van der Waals surface area contributed by atoms with E-state index < -0.39 is 11.0 Å². The molecule has 1 aromatic rings. The van der Waals surface area contributed by atoms with Crippen LogP contribution in [0.15, 0.2) is 24.8 Å². The van der Waals surface area contributed by atoms with Crippen LogP contribution in [-0.2, 0) is 6.54 Å². The van der Waals surface area contributed by atoms with Crippen molar-refractivity contribution >= 4 is 23.2 Å². The van der Waals surface area contributed by atoms with Crippen molar-refractivity contribution in [3.8, 4) is 0 Å². The molecular weight excluding hydrogens is 298 g/mol. The van der Waals surface area contributed by atoms with E-state index in [1.807, 2.05) is 11.9 Å². The molecule has 0 saturated carbocycles. The van der Waals surface area contributed by atoms with Crippen molar-refractivity contribution in [1.82, 2.24) is 14.5 Å². The fourth-order valence-electron chi connectivity index (χ4n) is 1.99. The van der Waals surface area contributed by atoms with Gasteiger partial charge in [0.15, 0.2) is 0 Å². The third-order valence-corrected chi connectivity index (χ3v) is 3.38. The van der Waals surface area contributed by atoms with E-state index in [-0.39, 0.29) is 18.2 Å². The molecule has 1 aromatic heterocycles. The highest BCUT2D eigenvalue weighted by Gasteiger charge is 2.29. The molecule has 0 aromatic carbocycles. The molecule has 0 bridgehead atoms. The van der Waals surface area contributed by atoms with E-state index in [1.165, 1.54) is 0 Å². The minimum absolute atomic E-state index is 0.0409. The second-order valence-corrected chi connectivity index (χ2v) is 4.96. The highest BCUT2D eigenvalue weighted by Crippen LogP contribution is 2.31. The second kappa shape index (κ2) is 6.15. The highest BCUT2D eigenvalue weighted by atomic mass is 35.5. The van der Waals surface area contributed by atoms with E-state index in [4.69, 9.17) is 11.6 Å². The van der Waals surface area contributed by atoms with Crippen molar-refractivity contribution in [1.29, 1.82) is 0 Å².